The first kappa shape index (κ1) is 18.5. The molecule has 1 aliphatic carbocycles. The zero-order valence-corrected chi connectivity index (χ0v) is 15.9. The predicted octanol–water partition coefficient (Wildman–Crippen LogP) is 3.67. The lowest BCUT2D eigenvalue weighted by Crippen LogP contribution is -2.37. The molecule has 0 unspecified atom stereocenters. The third-order valence-corrected chi connectivity index (χ3v) is 5.27. The third kappa shape index (κ3) is 4.64. The van der Waals surface area contributed by atoms with Crippen molar-refractivity contribution in [3.05, 3.63) is 53.2 Å². The minimum atomic E-state index is -0.831. The molecule has 1 fully saturated rings. The van der Waals surface area contributed by atoms with Crippen molar-refractivity contribution in [3.63, 3.8) is 0 Å². The Morgan fingerprint density at radius 3 is 2.69 bits per heavy atom. The van der Waals surface area contributed by atoms with Gasteiger partial charge in [-0.05, 0) is 69.0 Å². The number of hydrogen-bond donors (Lipinski definition) is 1. The number of carbonyl (C=O) groups is 2. The molecule has 3 rings (SSSR count). The van der Waals surface area contributed by atoms with E-state index in [1.807, 2.05) is 19.1 Å². The Balaban J connectivity index is 1.72. The number of aromatic nitrogens is 1. The summed E-state index contributed by atoms with van der Waals surface area (Å²) in [4.78, 5) is 29.9. The van der Waals surface area contributed by atoms with Gasteiger partial charge in [-0.1, -0.05) is 17.8 Å². The normalized spacial score (nSPS) is 14.6. The van der Waals surface area contributed by atoms with Gasteiger partial charge < -0.3 is 10.1 Å². The van der Waals surface area contributed by atoms with E-state index in [1.165, 1.54) is 22.9 Å². The summed E-state index contributed by atoms with van der Waals surface area (Å²) in [6, 6.07) is 9.71. The Hall–Kier alpha value is -2.34. The summed E-state index contributed by atoms with van der Waals surface area (Å²) < 4.78 is 5.34. The van der Waals surface area contributed by atoms with Crippen LogP contribution in [0.3, 0.4) is 0 Å². The minimum Gasteiger partial charge on any atom is -0.449 e. The molecule has 1 N–H and O–H groups in total. The maximum Gasteiger partial charge on any atom is 0.341 e. The standard InChI is InChI=1S/C20H22N2O3S/c1-12-6-9-16(11-13(12)2)26-19-17(5-4-10-21-19)20(24)25-14(3)18(23)22-15-7-8-15/h4-6,9-11,14-15H,7-8H2,1-3H3,(H,22,23)/t14-/m0/s1. The molecule has 1 amide bonds. The van der Waals surface area contributed by atoms with Crippen molar-refractivity contribution in [1.82, 2.24) is 10.3 Å². The van der Waals surface area contributed by atoms with Crippen molar-refractivity contribution in [2.75, 3.05) is 0 Å². The van der Waals surface area contributed by atoms with E-state index in [0.717, 1.165) is 17.7 Å². The number of ether oxygens (including phenoxy) is 1. The van der Waals surface area contributed by atoms with Crippen LogP contribution in [0.25, 0.3) is 0 Å². The highest BCUT2D eigenvalue weighted by molar-refractivity contribution is 7.99. The van der Waals surface area contributed by atoms with E-state index in [1.54, 1.807) is 25.3 Å². The Morgan fingerprint density at radius 1 is 1.23 bits per heavy atom. The molecule has 0 aliphatic heterocycles. The first-order valence-corrected chi connectivity index (χ1v) is 9.47. The van der Waals surface area contributed by atoms with E-state index in [9.17, 15) is 9.59 Å². The average Bonchev–Trinajstić information content (AvgIpc) is 3.42. The van der Waals surface area contributed by atoms with Crippen LogP contribution in [0.4, 0.5) is 0 Å². The van der Waals surface area contributed by atoms with Crippen LogP contribution in [0, 0.1) is 13.8 Å². The Morgan fingerprint density at radius 2 is 2.00 bits per heavy atom. The first-order valence-electron chi connectivity index (χ1n) is 8.65. The van der Waals surface area contributed by atoms with Crippen LogP contribution in [-0.4, -0.2) is 29.0 Å². The topological polar surface area (TPSA) is 68.3 Å². The molecule has 0 spiro atoms. The third-order valence-electron chi connectivity index (χ3n) is 4.26. The van der Waals surface area contributed by atoms with Crippen molar-refractivity contribution in [2.45, 2.75) is 55.7 Å². The fourth-order valence-corrected chi connectivity index (χ4v) is 3.31. The fourth-order valence-electron chi connectivity index (χ4n) is 2.34. The fraction of sp³-hybridized carbons (Fsp3) is 0.350. The molecule has 2 aromatic rings. The van der Waals surface area contributed by atoms with Crippen LogP contribution in [0.5, 0.6) is 0 Å². The van der Waals surface area contributed by atoms with Gasteiger partial charge >= 0.3 is 5.97 Å². The molecule has 1 atom stereocenters. The highest BCUT2D eigenvalue weighted by atomic mass is 32.2. The summed E-state index contributed by atoms with van der Waals surface area (Å²) in [5.74, 6) is -0.795. The highest BCUT2D eigenvalue weighted by Gasteiger charge is 2.28. The Labute approximate surface area is 157 Å². The monoisotopic (exact) mass is 370 g/mol. The summed E-state index contributed by atoms with van der Waals surface area (Å²) in [5.41, 5.74) is 2.76. The van der Waals surface area contributed by atoms with Gasteiger partial charge in [-0.25, -0.2) is 9.78 Å². The van der Waals surface area contributed by atoms with Crippen molar-refractivity contribution < 1.29 is 14.3 Å². The van der Waals surface area contributed by atoms with Crippen molar-refractivity contribution in [3.8, 4) is 0 Å². The minimum absolute atomic E-state index is 0.234. The van der Waals surface area contributed by atoms with Crippen molar-refractivity contribution in [2.24, 2.45) is 0 Å². The Kier molecular flexibility index (Phi) is 5.61. The number of rotatable bonds is 6. The van der Waals surface area contributed by atoms with Gasteiger partial charge in [-0.2, -0.15) is 0 Å². The van der Waals surface area contributed by atoms with E-state index < -0.39 is 12.1 Å². The lowest BCUT2D eigenvalue weighted by Gasteiger charge is -2.14. The largest absolute Gasteiger partial charge is 0.449 e. The lowest BCUT2D eigenvalue weighted by molar-refractivity contribution is -0.129. The summed E-state index contributed by atoms with van der Waals surface area (Å²) in [6.07, 6.45) is 2.80. The molecule has 1 aromatic carbocycles. The summed E-state index contributed by atoms with van der Waals surface area (Å²) in [6.45, 7) is 5.69. The second-order valence-corrected chi connectivity index (χ2v) is 7.60. The molecule has 0 bridgehead atoms. The van der Waals surface area contributed by atoms with Crippen molar-refractivity contribution in [1.29, 1.82) is 0 Å². The Bertz CT molecular complexity index is 834. The van der Waals surface area contributed by atoms with E-state index in [4.69, 9.17) is 4.74 Å². The molecule has 6 heteroatoms. The van der Waals surface area contributed by atoms with E-state index in [-0.39, 0.29) is 11.9 Å². The number of pyridine rings is 1. The molecule has 136 valence electrons. The van der Waals surface area contributed by atoms with Crippen molar-refractivity contribution >= 4 is 23.6 Å². The molecule has 26 heavy (non-hydrogen) atoms. The number of esters is 1. The molecule has 1 aliphatic rings. The smallest absolute Gasteiger partial charge is 0.341 e. The summed E-state index contributed by atoms with van der Waals surface area (Å²) >= 11 is 1.41. The average molecular weight is 370 g/mol. The molecular formula is C20H22N2O3S. The number of nitrogens with one attached hydrogen (secondary N) is 1. The van der Waals surface area contributed by atoms with Gasteiger partial charge in [0.05, 0.1) is 5.56 Å². The van der Waals surface area contributed by atoms with Gasteiger partial charge in [0.25, 0.3) is 5.91 Å². The summed E-state index contributed by atoms with van der Waals surface area (Å²) in [5, 5.41) is 3.40. The van der Waals surface area contributed by atoms with Crippen LogP contribution in [-0.2, 0) is 9.53 Å². The predicted molar refractivity (Wildman–Crippen MR) is 100 cm³/mol. The van der Waals surface area contributed by atoms with Gasteiger partial charge in [0.2, 0.25) is 0 Å². The highest BCUT2D eigenvalue weighted by Crippen LogP contribution is 2.30. The molecule has 1 heterocycles. The number of amides is 1. The molecule has 1 saturated carbocycles. The lowest BCUT2D eigenvalue weighted by atomic mass is 10.1. The van der Waals surface area contributed by atoms with Crippen LogP contribution < -0.4 is 5.32 Å². The quantitative estimate of drug-likeness (QED) is 0.786. The van der Waals surface area contributed by atoms with Gasteiger partial charge in [0.15, 0.2) is 6.10 Å². The number of benzene rings is 1. The van der Waals surface area contributed by atoms with Gasteiger partial charge in [-0.15, -0.1) is 0 Å². The van der Waals surface area contributed by atoms with Crippen LogP contribution in [0.1, 0.15) is 41.3 Å². The van der Waals surface area contributed by atoms with Crippen LogP contribution in [0.15, 0.2) is 46.5 Å². The first-order chi connectivity index (χ1) is 12.4. The molecule has 1 aromatic heterocycles. The van der Waals surface area contributed by atoms with Crippen LogP contribution >= 0.6 is 11.8 Å². The van der Waals surface area contributed by atoms with E-state index in [0.29, 0.717) is 10.6 Å². The number of nitrogens with zero attached hydrogens (tertiary/aromatic N) is 1. The van der Waals surface area contributed by atoms with Gasteiger partial charge in [0, 0.05) is 17.1 Å². The molecule has 5 nitrogen and oxygen atoms in total. The second kappa shape index (κ2) is 7.91. The SMILES string of the molecule is Cc1ccc(Sc2ncccc2C(=O)O[C@@H](C)C(=O)NC2CC2)cc1C. The zero-order chi connectivity index (χ0) is 18.7. The van der Waals surface area contributed by atoms with Gasteiger partial charge in [-0.3, -0.25) is 4.79 Å². The summed E-state index contributed by atoms with van der Waals surface area (Å²) in [7, 11) is 0. The van der Waals surface area contributed by atoms with Crippen LogP contribution in [0.2, 0.25) is 0 Å². The number of carbonyl (C=O) groups excluding carboxylic acids is 2. The maximum atomic E-state index is 12.5. The van der Waals surface area contributed by atoms with E-state index in [2.05, 4.69) is 23.3 Å². The zero-order valence-electron chi connectivity index (χ0n) is 15.1. The number of aryl methyl sites for hydroxylation is 2. The maximum absolute atomic E-state index is 12.5. The van der Waals surface area contributed by atoms with E-state index >= 15 is 0 Å². The molecule has 0 saturated heterocycles. The number of hydrogen-bond acceptors (Lipinski definition) is 5. The second-order valence-electron chi connectivity index (χ2n) is 6.53. The van der Waals surface area contributed by atoms with Gasteiger partial charge in [0.1, 0.15) is 5.03 Å². The molecular weight excluding hydrogens is 348 g/mol. The molecule has 0 radical (unpaired) electrons.